The van der Waals surface area contributed by atoms with E-state index in [1.807, 2.05) is 6.07 Å². The molecule has 2 rings (SSSR count). The third-order valence-electron chi connectivity index (χ3n) is 3.03. The highest BCUT2D eigenvalue weighted by Gasteiger charge is 2.27. The molecule has 0 amide bonds. The molecule has 0 spiro atoms. The molecule has 1 atom stereocenters. The zero-order valence-corrected chi connectivity index (χ0v) is 10.5. The van der Waals surface area contributed by atoms with Crippen LogP contribution in [0.2, 0.25) is 0 Å². The number of benzene rings is 1. The van der Waals surface area contributed by atoms with Gasteiger partial charge in [0.1, 0.15) is 11.5 Å². The van der Waals surface area contributed by atoms with Crippen LogP contribution in [0.15, 0.2) is 18.2 Å². The largest absolute Gasteiger partial charge is 0.508 e. The van der Waals surface area contributed by atoms with Crippen LogP contribution in [0.3, 0.4) is 0 Å². The second-order valence-electron chi connectivity index (χ2n) is 4.50. The summed E-state index contributed by atoms with van der Waals surface area (Å²) < 4.78 is 10.6. The quantitative estimate of drug-likeness (QED) is 0.496. The van der Waals surface area contributed by atoms with E-state index in [2.05, 4.69) is 6.92 Å². The van der Waals surface area contributed by atoms with Gasteiger partial charge in [0.25, 0.3) is 0 Å². The summed E-state index contributed by atoms with van der Waals surface area (Å²) in [6.07, 6.45) is 2.18. The Morgan fingerprint density at radius 1 is 1.44 bits per heavy atom. The van der Waals surface area contributed by atoms with E-state index in [9.17, 15) is 9.90 Å². The van der Waals surface area contributed by atoms with E-state index < -0.39 is 0 Å². The summed E-state index contributed by atoms with van der Waals surface area (Å²) in [7, 11) is 0. The summed E-state index contributed by atoms with van der Waals surface area (Å²) in [5.74, 6) is 0.475. The monoisotopic (exact) mass is 250 g/mol. The Kier molecular flexibility index (Phi) is 4.20. The first-order chi connectivity index (χ1) is 8.70. The fraction of sp³-hybridized carbons (Fsp3) is 0.500. The normalized spacial score (nSPS) is 18.3. The first-order valence-corrected chi connectivity index (χ1v) is 6.32. The van der Waals surface area contributed by atoms with Gasteiger partial charge in [-0.1, -0.05) is 13.0 Å². The second kappa shape index (κ2) is 5.87. The van der Waals surface area contributed by atoms with Gasteiger partial charge in [-0.15, -0.1) is 0 Å². The van der Waals surface area contributed by atoms with Crippen molar-refractivity contribution in [2.24, 2.45) is 0 Å². The molecule has 4 nitrogen and oxygen atoms in total. The number of carbonyl (C=O) groups is 1. The van der Waals surface area contributed by atoms with Crippen molar-refractivity contribution in [2.45, 2.75) is 32.1 Å². The third-order valence-corrected chi connectivity index (χ3v) is 3.03. The zero-order valence-electron chi connectivity index (χ0n) is 10.5. The number of aromatic hydroxyl groups is 1. The topological polar surface area (TPSA) is 55.8 Å². The van der Waals surface area contributed by atoms with Crippen LogP contribution in [0.5, 0.6) is 11.5 Å². The number of carbonyl (C=O) groups excluding carboxylic acids is 1. The standard InChI is InChI=1S/C14H18O4/c1-2-6-17-7-5-10-8-14(16)18-13-9-11(15)3-4-12(10)13/h3-4,9-10,15H,2,5-8H2,1H3. The Morgan fingerprint density at radius 3 is 3.06 bits per heavy atom. The molecule has 1 heterocycles. The van der Waals surface area contributed by atoms with E-state index >= 15 is 0 Å². The van der Waals surface area contributed by atoms with Crippen LogP contribution >= 0.6 is 0 Å². The Bertz CT molecular complexity index is 428. The van der Waals surface area contributed by atoms with Crippen LogP contribution in [0.4, 0.5) is 0 Å². The number of fused-ring (bicyclic) bond motifs is 1. The van der Waals surface area contributed by atoms with Gasteiger partial charge in [-0.05, 0) is 24.5 Å². The van der Waals surface area contributed by atoms with Crippen molar-refractivity contribution >= 4 is 5.97 Å². The van der Waals surface area contributed by atoms with Gasteiger partial charge in [-0.25, -0.2) is 0 Å². The first-order valence-electron chi connectivity index (χ1n) is 6.32. The van der Waals surface area contributed by atoms with E-state index in [0.717, 1.165) is 25.0 Å². The fourth-order valence-corrected chi connectivity index (χ4v) is 2.15. The SMILES string of the molecule is CCCOCCC1CC(=O)Oc2cc(O)ccc21. The predicted octanol–water partition coefficient (Wildman–Crippen LogP) is 2.60. The Labute approximate surface area is 107 Å². The molecular weight excluding hydrogens is 232 g/mol. The number of esters is 1. The van der Waals surface area contributed by atoms with E-state index in [4.69, 9.17) is 9.47 Å². The van der Waals surface area contributed by atoms with Crippen LogP contribution in [-0.2, 0) is 9.53 Å². The molecule has 0 fully saturated rings. The van der Waals surface area contributed by atoms with Crippen molar-refractivity contribution in [1.29, 1.82) is 0 Å². The molecule has 1 N–H and O–H groups in total. The number of phenols is 1. The summed E-state index contributed by atoms with van der Waals surface area (Å²) in [5.41, 5.74) is 0.979. The maximum atomic E-state index is 11.5. The van der Waals surface area contributed by atoms with Gasteiger partial charge < -0.3 is 14.6 Å². The predicted molar refractivity (Wildman–Crippen MR) is 66.8 cm³/mol. The third kappa shape index (κ3) is 3.01. The Morgan fingerprint density at radius 2 is 2.28 bits per heavy atom. The summed E-state index contributed by atoms with van der Waals surface area (Å²) in [6.45, 7) is 3.46. The van der Waals surface area contributed by atoms with Crippen molar-refractivity contribution < 1.29 is 19.4 Å². The summed E-state index contributed by atoms with van der Waals surface area (Å²) >= 11 is 0. The minimum absolute atomic E-state index is 0.115. The van der Waals surface area contributed by atoms with Crippen LogP contribution in [0.25, 0.3) is 0 Å². The van der Waals surface area contributed by atoms with E-state index in [0.29, 0.717) is 18.8 Å². The van der Waals surface area contributed by atoms with Gasteiger partial charge in [-0.3, -0.25) is 4.79 Å². The van der Waals surface area contributed by atoms with Gasteiger partial charge in [0.2, 0.25) is 0 Å². The van der Waals surface area contributed by atoms with Crippen molar-refractivity contribution in [2.75, 3.05) is 13.2 Å². The number of hydrogen-bond donors (Lipinski definition) is 1. The highest BCUT2D eigenvalue weighted by molar-refractivity contribution is 5.76. The lowest BCUT2D eigenvalue weighted by Crippen LogP contribution is -2.21. The molecule has 1 aliphatic heterocycles. The molecule has 4 heteroatoms. The molecule has 1 aliphatic rings. The average Bonchev–Trinajstić information content (AvgIpc) is 2.33. The van der Waals surface area contributed by atoms with E-state index in [-0.39, 0.29) is 17.6 Å². The number of phenolic OH excluding ortho intramolecular Hbond substituents is 1. The lowest BCUT2D eigenvalue weighted by atomic mass is 9.90. The number of rotatable bonds is 5. The molecule has 1 aromatic rings. The minimum Gasteiger partial charge on any atom is -0.508 e. The van der Waals surface area contributed by atoms with Crippen LogP contribution in [0.1, 0.15) is 37.7 Å². The van der Waals surface area contributed by atoms with Crippen molar-refractivity contribution in [3.63, 3.8) is 0 Å². The molecule has 0 saturated heterocycles. The highest BCUT2D eigenvalue weighted by Crippen LogP contribution is 2.38. The van der Waals surface area contributed by atoms with Crippen molar-refractivity contribution in [3.8, 4) is 11.5 Å². The molecule has 0 aliphatic carbocycles. The maximum absolute atomic E-state index is 11.5. The minimum atomic E-state index is -0.242. The zero-order chi connectivity index (χ0) is 13.0. The van der Waals surface area contributed by atoms with Crippen molar-refractivity contribution in [3.05, 3.63) is 23.8 Å². The molecule has 18 heavy (non-hydrogen) atoms. The van der Waals surface area contributed by atoms with E-state index in [1.54, 1.807) is 6.07 Å². The molecule has 0 aromatic heterocycles. The molecule has 1 unspecified atom stereocenters. The lowest BCUT2D eigenvalue weighted by Gasteiger charge is -2.24. The Hall–Kier alpha value is -1.55. The highest BCUT2D eigenvalue weighted by atomic mass is 16.5. The number of hydrogen-bond acceptors (Lipinski definition) is 4. The second-order valence-corrected chi connectivity index (χ2v) is 4.50. The van der Waals surface area contributed by atoms with Crippen LogP contribution < -0.4 is 4.74 Å². The average molecular weight is 250 g/mol. The van der Waals surface area contributed by atoms with Crippen molar-refractivity contribution in [1.82, 2.24) is 0 Å². The Balaban J connectivity index is 2.06. The van der Waals surface area contributed by atoms with Gasteiger partial charge in [0.15, 0.2) is 0 Å². The molecule has 0 radical (unpaired) electrons. The maximum Gasteiger partial charge on any atom is 0.311 e. The molecule has 0 saturated carbocycles. The van der Waals surface area contributed by atoms with Gasteiger partial charge in [0.05, 0.1) is 6.42 Å². The molecular formula is C14H18O4. The van der Waals surface area contributed by atoms with Gasteiger partial charge >= 0.3 is 5.97 Å². The summed E-state index contributed by atoms with van der Waals surface area (Å²) in [4.78, 5) is 11.5. The van der Waals surface area contributed by atoms with Crippen LogP contribution in [0, 0.1) is 0 Å². The first kappa shape index (κ1) is 12.9. The van der Waals surface area contributed by atoms with E-state index in [1.165, 1.54) is 6.07 Å². The lowest BCUT2D eigenvalue weighted by molar-refractivity contribution is -0.136. The molecule has 0 bridgehead atoms. The number of ether oxygens (including phenoxy) is 2. The smallest absolute Gasteiger partial charge is 0.311 e. The van der Waals surface area contributed by atoms with Gasteiger partial charge in [0, 0.05) is 25.2 Å². The van der Waals surface area contributed by atoms with Gasteiger partial charge in [-0.2, -0.15) is 0 Å². The molecule has 1 aromatic carbocycles. The van der Waals surface area contributed by atoms with Crippen LogP contribution in [-0.4, -0.2) is 24.3 Å². The molecule has 98 valence electrons. The summed E-state index contributed by atoms with van der Waals surface area (Å²) in [6, 6.07) is 4.94. The fourth-order valence-electron chi connectivity index (χ4n) is 2.15. The summed E-state index contributed by atoms with van der Waals surface area (Å²) in [5, 5.41) is 9.39.